The van der Waals surface area contributed by atoms with E-state index < -0.39 is 8.07 Å². The molecule has 1 unspecified atom stereocenters. The molecule has 0 radical (unpaired) electrons. The van der Waals surface area contributed by atoms with Crippen LogP contribution >= 0.6 is 0 Å². The molecule has 0 spiro atoms. The molecule has 0 N–H and O–H groups in total. The summed E-state index contributed by atoms with van der Waals surface area (Å²) >= 11 is 2.42. The van der Waals surface area contributed by atoms with Crippen molar-refractivity contribution in [3.05, 3.63) is 56.8 Å². The van der Waals surface area contributed by atoms with Crippen LogP contribution in [0.15, 0.2) is 23.4 Å². The summed E-state index contributed by atoms with van der Waals surface area (Å²) in [7, 11) is -1.28. The first-order valence-electron chi connectivity index (χ1n) is 8.99. The van der Waals surface area contributed by atoms with Crippen LogP contribution in [-0.4, -0.2) is 8.07 Å². The van der Waals surface area contributed by atoms with Crippen LogP contribution in [0.5, 0.6) is 0 Å². The maximum Gasteiger partial charge on any atom is -1.00 e. The van der Waals surface area contributed by atoms with Crippen LogP contribution in [0.3, 0.4) is 0 Å². The van der Waals surface area contributed by atoms with Crippen molar-refractivity contribution in [1.29, 1.82) is 0 Å². The summed E-state index contributed by atoms with van der Waals surface area (Å²) in [6.07, 6.45) is 7.44. The molecule has 0 aliphatic heterocycles. The molecule has 0 saturated carbocycles. The zero-order valence-electron chi connectivity index (χ0n) is 18.4. The molecule has 2 rings (SSSR count). The monoisotopic (exact) mass is 478 g/mol. The molecule has 1 aromatic carbocycles. The SMILES string of the molecule is Cc1c(C)c(C)c(C(C)(C)[C]2([Ti+3])C=CC([Si](C)(C)C)=C2)c(C)c1C.[Cl-].[Cl-].[Cl-]. The Morgan fingerprint density at radius 1 is 0.778 bits per heavy atom. The summed E-state index contributed by atoms with van der Waals surface area (Å²) < 4.78 is 0.0757. The van der Waals surface area contributed by atoms with E-state index in [1.165, 1.54) is 27.8 Å². The van der Waals surface area contributed by atoms with Gasteiger partial charge in [-0.25, -0.2) is 0 Å². The second kappa shape index (κ2) is 9.54. The second-order valence-electron chi connectivity index (χ2n) is 9.18. The first-order chi connectivity index (χ1) is 10.7. The van der Waals surface area contributed by atoms with Crippen LogP contribution in [0.1, 0.15) is 47.2 Å². The minimum absolute atomic E-state index is 0. The molecule has 0 amide bonds. The van der Waals surface area contributed by atoms with Crippen molar-refractivity contribution in [3.8, 4) is 0 Å². The van der Waals surface area contributed by atoms with Crippen molar-refractivity contribution in [3.63, 3.8) is 0 Å². The Morgan fingerprint density at radius 3 is 1.48 bits per heavy atom. The van der Waals surface area contributed by atoms with E-state index in [4.69, 9.17) is 0 Å². The van der Waals surface area contributed by atoms with Crippen LogP contribution in [0.4, 0.5) is 0 Å². The molecule has 0 aromatic heterocycles. The number of allylic oxidation sites excluding steroid dienone is 4. The van der Waals surface area contributed by atoms with Crippen molar-refractivity contribution in [2.24, 2.45) is 0 Å². The zero-order chi connectivity index (χ0) is 18.7. The minimum atomic E-state index is -1.28. The van der Waals surface area contributed by atoms with Crippen LogP contribution in [-0.2, 0) is 25.9 Å². The van der Waals surface area contributed by atoms with Gasteiger partial charge in [-0.15, -0.1) is 0 Å². The molecular formula is C22H33Cl3SiTi. The number of halogens is 3. The van der Waals surface area contributed by atoms with Crippen LogP contribution < -0.4 is 37.2 Å². The zero-order valence-corrected chi connectivity index (χ0v) is 23.2. The predicted molar refractivity (Wildman–Crippen MR) is 106 cm³/mol. The Labute approximate surface area is 198 Å². The van der Waals surface area contributed by atoms with E-state index in [2.05, 4.69) is 107 Å². The molecule has 0 nitrogen and oxygen atoms in total. The number of benzene rings is 1. The molecule has 0 fully saturated rings. The number of hydrogen-bond donors (Lipinski definition) is 0. The molecule has 1 aliphatic carbocycles. The van der Waals surface area contributed by atoms with Crippen LogP contribution in [0.25, 0.3) is 0 Å². The van der Waals surface area contributed by atoms with Crippen molar-refractivity contribution in [1.82, 2.24) is 0 Å². The Hall–Kier alpha value is 0.501. The third-order valence-electron chi connectivity index (χ3n) is 6.43. The third-order valence-corrected chi connectivity index (χ3v) is 9.94. The van der Waals surface area contributed by atoms with Crippen molar-refractivity contribution >= 4 is 8.07 Å². The van der Waals surface area contributed by atoms with Crippen molar-refractivity contribution in [2.75, 3.05) is 0 Å². The fraction of sp³-hybridized carbons (Fsp3) is 0.545. The summed E-state index contributed by atoms with van der Waals surface area (Å²) in [5, 5.41) is 1.59. The second-order valence-corrected chi connectivity index (χ2v) is 15.5. The standard InChI is InChI=1S/C22H33Si.3ClH.Ti/c1-14-15(2)17(4)21(18(5)16(14)3)22(6,7)19-11-12-20(13-19)23(8,9)10;;;;/h11-13H,1-10H3;3*1H;/q;;;;+3/p-3. The van der Waals surface area contributed by atoms with E-state index in [1.54, 1.807) is 10.8 Å². The van der Waals surface area contributed by atoms with Gasteiger partial charge in [-0.1, -0.05) is 0 Å². The van der Waals surface area contributed by atoms with Crippen LogP contribution in [0, 0.1) is 34.6 Å². The van der Waals surface area contributed by atoms with Crippen molar-refractivity contribution in [2.45, 2.75) is 77.2 Å². The fourth-order valence-corrected chi connectivity index (χ4v) is 6.10. The van der Waals surface area contributed by atoms with Gasteiger partial charge in [0.05, 0.1) is 0 Å². The molecule has 1 aliphatic rings. The maximum atomic E-state index is 2.57. The summed E-state index contributed by atoms with van der Waals surface area (Å²) in [5.41, 5.74) is 8.94. The van der Waals surface area contributed by atoms with E-state index in [1.807, 2.05) is 0 Å². The molecule has 0 bridgehead atoms. The Kier molecular flexibility index (Phi) is 10.5. The van der Waals surface area contributed by atoms with E-state index >= 15 is 0 Å². The fourth-order valence-electron chi connectivity index (χ4n) is 4.06. The van der Waals surface area contributed by atoms with Gasteiger partial charge in [0.2, 0.25) is 0 Å². The Bertz CT molecular complexity index is 729. The van der Waals surface area contributed by atoms with Crippen molar-refractivity contribution < 1.29 is 57.7 Å². The Morgan fingerprint density at radius 2 is 1.15 bits per heavy atom. The van der Waals surface area contributed by atoms with Gasteiger partial charge >= 0.3 is 163 Å². The van der Waals surface area contributed by atoms with Gasteiger partial charge in [-0.2, -0.15) is 0 Å². The van der Waals surface area contributed by atoms with Gasteiger partial charge < -0.3 is 37.2 Å². The van der Waals surface area contributed by atoms with E-state index in [-0.39, 0.29) is 46.4 Å². The van der Waals surface area contributed by atoms with Gasteiger partial charge in [-0.3, -0.25) is 0 Å². The molecule has 5 heteroatoms. The van der Waals surface area contributed by atoms with E-state index in [0.717, 1.165) is 0 Å². The smallest absolute Gasteiger partial charge is 1.00 e. The molecule has 150 valence electrons. The Balaban J connectivity index is 0. The van der Waals surface area contributed by atoms with E-state index in [9.17, 15) is 0 Å². The summed E-state index contributed by atoms with van der Waals surface area (Å²) in [6.45, 7) is 23.7. The summed E-state index contributed by atoms with van der Waals surface area (Å²) in [6, 6.07) is 0. The average molecular weight is 480 g/mol. The van der Waals surface area contributed by atoms with Crippen LogP contribution in [0.2, 0.25) is 23.4 Å². The van der Waals surface area contributed by atoms with Gasteiger partial charge in [0.1, 0.15) is 0 Å². The normalized spacial score (nSPS) is 19.0. The minimum Gasteiger partial charge on any atom is -1.00 e. The molecule has 1 aromatic rings. The van der Waals surface area contributed by atoms with E-state index in [0.29, 0.717) is 0 Å². The van der Waals surface area contributed by atoms with Gasteiger partial charge in [0.15, 0.2) is 0 Å². The molecule has 27 heavy (non-hydrogen) atoms. The molecule has 1 atom stereocenters. The first kappa shape index (κ1) is 29.7. The predicted octanol–water partition coefficient (Wildman–Crippen LogP) is -2.40. The maximum absolute atomic E-state index is 2.57. The molecular weight excluding hydrogens is 447 g/mol. The number of hydrogen-bond acceptors (Lipinski definition) is 0. The quantitative estimate of drug-likeness (QED) is 0.424. The molecule has 0 saturated heterocycles. The summed E-state index contributed by atoms with van der Waals surface area (Å²) in [4.78, 5) is 0. The average Bonchev–Trinajstić information content (AvgIpc) is 2.87. The summed E-state index contributed by atoms with van der Waals surface area (Å²) in [5.74, 6) is 0. The van der Waals surface area contributed by atoms with Gasteiger partial charge in [-0.05, 0) is 0 Å². The topological polar surface area (TPSA) is 0 Å². The molecule has 0 heterocycles. The third kappa shape index (κ3) is 4.98. The number of rotatable bonds is 3. The first-order valence-corrected chi connectivity index (χ1v) is 13.3. The van der Waals surface area contributed by atoms with Gasteiger partial charge in [0.25, 0.3) is 0 Å². The van der Waals surface area contributed by atoms with Gasteiger partial charge in [0, 0.05) is 0 Å². The largest absolute Gasteiger partial charge is 1.00 e.